The molecule has 0 unspecified atom stereocenters. The van der Waals surface area contributed by atoms with Gasteiger partial charge in [0.25, 0.3) is 11.1 Å². The van der Waals surface area contributed by atoms with Crippen molar-refractivity contribution >= 4 is 62.5 Å². The van der Waals surface area contributed by atoms with Crippen molar-refractivity contribution in [3.63, 3.8) is 0 Å². The second kappa shape index (κ2) is 10.7. The number of halogens is 1. The summed E-state index contributed by atoms with van der Waals surface area (Å²) in [5, 5.41) is 2.23. The molecule has 0 aromatic heterocycles. The Hall–Kier alpha value is -3.11. The van der Waals surface area contributed by atoms with Gasteiger partial charge in [0.1, 0.15) is 12.3 Å². The van der Waals surface area contributed by atoms with Crippen molar-refractivity contribution in [1.29, 1.82) is 0 Å². The number of thioether (sulfide) groups is 1. The first-order valence-electron chi connectivity index (χ1n) is 9.80. The molecule has 3 rings (SSSR count). The van der Waals surface area contributed by atoms with Crippen molar-refractivity contribution in [1.82, 2.24) is 4.90 Å². The molecule has 0 atom stereocenters. The van der Waals surface area contributed by atoms with Crippen molar-refractivity contribution in [3.8, 4) is 5.75 Å². The van der Waals surface area contributed by atoms with Crippen molar-refractivity contribution in [3.05, 3.63) is 62.5 Å². The van der Waals surface area contributed by atoms with E-state index in [-0.39, 0.29) is 11.5 Å². The summed E-state index contributed by atoms with van der Waals surface area (Å²) in [6, 6.07) is 10.6. The zero-order valence-corrected chi connectivity index (χ0v) is 20.5. The van der Waals surface area contributed by atoms with Gasteiger partial charge in [-0.3, -0.25) is 19.3 Å². The predicted octanol–water partition coefficient (Wildman–Crippen LogP) is 4.29. The van der Waals surface area contributed by atoms with E-state index in [1.54, 1.807) is 18.2 Å². The highest BCUT2D eigenvalue weighted by molar-refractivity contribution is 9.10. The Morgan fingerprint density at radius 2 is 1.85 bits per heavy atom. The Morgan fingerprint density at radius 3 is 2.52 bits per heavy atom. The van der Waals surface area contributed by atoms with Gasteiger partial charge in [0.05, 0.1) is 12.0 Å². The smallest absolute Gasteiger partial charge is 0.343 e. The number of methoxy groups -OCH3 is 1. The number of carbonyl (C=O) groups excluding carboxylic acids is 4. The lowest BCUT2D eigenvalue weighted by atomic mass is 10.1. The molecule has 0 bridgehead atoms. The number of esters is 1. The molecule has 33 heavy (non-hydrogen) atoms. The standard InChI is InChI=1S/C23H21BrN2O6S/c1-13-5-4-6-14(2)21(13)25-19(27)11-26-22(29)18(33-23(26)30)10-15-9-16(24)7-8-17(15)32-12-20(28)31-3/h4-10H,11-12H2,1-3H3,(H,25,27)/b18-10+. The molecule has 8 nitrogen and oxygen atoms in total. The second-order valence-electron chi connectivity index (χ2n) is 7.13. The van der Waals surface area contributed by atoms with E-state index in [4.69, 9.17) is 4.74 Å². The molecular weight excluding hydrogens is 512 g/mol. The number of nitrogens with zero attached hydrogens (tertiary/aromatic N) is 1. The monoisotopic (exact) mass is 532 g/mol. The van der Waals surface area contributed by atoms with Crippen LogP contribution in [0.3, 0.4) is 0 Å². The summed E-state index contributed by atoms with van der Waals surface area (Å²) < 4.78 is 10.8. The van der Waals surface area contributed by atoms with E-state index in [1.165, 1.54) is 13.2 Å². The summed E-state index contributed by atoms with van der Waals surface area (Å²) in [6.07, 6.45) is 1.49. The Morgan fingerprint density at radius 1 is 1.15 bits per heavy atom. The van der Waals surface area contributed by atoms with Gasteiger partial charge in [0.2, 0.25) is 5.91 Å². The number of nitrogens with one attached hydrogen (secondary N) is 1. The number of aryl methyl sites for hydroxylation is 2. The van der Waals surface area contributed by atoms with Gasteiger partial charge in [-0.2, -0.15) is 0 Å². The van der Waals surface area contributed by atoms with Crippen molar-refractivity contribution in [2.24, 2.45) is 0 Å². The summed E-state index contributed by atoms with van der Waals surface area (Å²) >= 11 is 4.09. The molecule has 1 aliphatic heterocycles. The van der Waals surface area contributed by atoms with Crippen molar-refractivity contribution in [2.45, 2.75) is 13.8 Å². The second-order valence-corrected chi connectivity index (χ2v) is 9.04. The molecule has 1 aliphatic rings. The molecule has 1 fully saturated rings. The maximum Gasteiger partial charge on any atom is 0.343 e. The first-order chi connectivity index (χ1) is 15.7. The van der Waals surface area contributed by atoms with Gasteiger partial charge in [-0.25, -0.2) is 4.79 Å². The Kier molecular flexibility index (Phi) is 7.93. The molecule has 0 radical (unpaired) electrons. The zero-order valence-electron chi connectivity index (χ0n) is 18.1. The highest BCUT2D eigenvalue weighted by atomic mass is 79.9. The molecule has 1 heterocycles. The van der Waals surface area contributed by atoms with Crippen molar-refractivity contribution < 1.29 is 28.7 Å². The number of imide groups is 1. The molecule has 172 valence electrons. The van der Waals surface area contributed by atoms with E-state index < -0.39 is 29.6 Å². The van der Waals surface area contributed by atoms with E-state index in [9.17, 15) is 19.2 Å². The molecule has 0 saturated carbocycles. The number of hydrogen-bond acceptors (Lipinski definition) is 7. The van der Waals surface area contributed by atoms with Crippen LogP contribution in [-0.2, 0) is 19.1 Å². The van der Waals surface area contributed by atoms with Gasteiger partial charge < -0.3 is 14.8 Å². The average molecular weight is 533 g/mol. The number of carbonyl (C=O) groups is 4. The van der Waals surface area contributed by atoms with E-state index in [0.717, 1.165) is 27.8 Å². The molecule has 2 aromatic rings. The van der Waals surface area contributed by atoms with Crippen LogP contribution in [0.4, 0.5) is 10.5 Å². The van der Waals surface area contributed by atoms with Crippen molar-refractivity contribution in [2.75, 3.05) is 25.6 Å². The van der Waals surface area contributed by atoms with Crippen LogP contribution in [0.2, 0.25) is 0 Å². The minimum atomic E-state index is -0.583. The molecule has 3 amide bonds. The first kappa shape index (κ1) is 24.5. The van der Waals surface area contributed by atoms with E-state index in [1.807, 2.05) is 32.0 Å². The third kappa shape index (κ3) is 6.02. The Bertz CT molecular complexity index is 1140. The van der Waals surface area contributed by atoms with Gasteiger partial charge in [-0.05, 0) is 61.0 Å². The predicted molar refractivity (Wildman–Crippen MR) is 129 cm³/mol. The van der Waals surface area contributed by atoms with Crippen LogP contribution in [0.25, 0.3) is 6.08 Å². The maximum absolute atomic E-state index is 12.9. The number of para-hydroxylation sites is 1. The topological polar surface area (TPSA) is 102 Å². The van der Waals surface area contributed by atoms with Gasteiger partial charge in [0.15, 0.2) is 6.61 Å². The van der Waals surface area contributed by atoms with Crippen LogP contribution < -0.4 is 10.1 Å². The van der Waals surface area contributed by atoms with E-state index in [2.05, 4.69) is 26.0 Å². The fourth-order valence-corrected chi connectivity index (χ4v) is 4.28. The summed E-state index contributed by atoms with van der Waals surface area (Å²) in [6.45, 7) is 3.02. The number of rotatable bonds is 7. The fraction of sp³-hybridized carbons (Fsp3) is 0.217. The number of amides is 3. The lowest BCUT2D eigenvalue weighted by molar-refractivity contribution is -0.142. The summed E-state index contributed by atoms with van der Waals surface area (Å²) in [5.74, 6) is -1.27. The molecular formula is C23H21BrN2O6S. The summed E-state index contributed by atoms with van der Waals surface area (Å²) in [4.78, 5) is 50.3. The van der Waals surface area contributed by atoms with Crippen LogP contribution in [0.1, 0.15) is 16.7 Å². The molecule has 2 aromatic carbocycles. The quantitative estimate of drug-likeness (QED) is 0.419. The van der Waals surface area contributed by atoms with Crippen LogP contribution >= 0.6 is 27.7 Å². The number of benzene rings is 2. The number of hydrogen-bond donors (Lipinski definition) is 1. The van der Waals surface area contributed by atoms with Gasteiger partial charge in [-0.1, -0.05) is 34.1 Å². The van der Waals surface area contributed by atoms with Crippen LogP contribution in [-0.4, -0.2) is 48.2 Å². The molecule has 1 saturated heterocycles. The maximum atomic E-state index is 12.9. The first-order valence-corrected chi connectivity index (χ1v) is 11.4. The largest absolute Gasteiger partial charge is 0.481 e. The Labute approximate surface area is 203 Å². The Balaban J connectivity index is 1.76. The average Bonchev–Trinajstić information content (AvgIpc) is 3.03. The van der Waals surface area contributed by atoms with Gasteiger partial charge in [-0.15, -0.1) is 0 Å². The number of ether oxygens (including phenoxy) is 2. The van der Waals surface area contributed by atoms with Gasteiger partial charge in [0, 0.05) is 15.7 Å². The molecule has 10 heteroatoms. The summed E-state index contributed by atoms with van der Waals surface area (Å²) in [7, 11) is 1.25. The molecule has 0 aliphatic carbocycles. The molecule has 0 spiro atoms. The van der Waals surface area contributed by atoms with Crippen LogP contribution in [0.15, 0.2) is 45.8 Å². The van der Waals surface area contributed by atoms with Crippen LogP contribution in [0.5, 0.6) is 5.75 Å². The highest BCUT2D eigenvalue weighted by Crippen LogP contribution is 2.35. The minimum absolute atomic E-state index is 0.140. The normalized spacial score (nSPS) is 14.5. The lowest BCUT2D eigenvalue weighted by Gasteiger charge is -2.15. The van der Waals surface area contributed by atoms with E-state index >= 15 is 0 Å². The summed E-state index contributed by atoms with van der Waals surface area (Å²) in [5.41, 5.74) is 2.91. The minimum Gasteiger partial charge on any atom is -0.481 e. The van der Waals surface area contributed by atoms with E-state index in [0.29, 0.717) is 21.5 Å². The number of anilines is 1. The third-order valence-electron chi connectivity index (χ3n) is 4.75. The molecule has 1 N–H and O–H groups in total. The SMILES string of the molecule is COC(=O)COc1ccc(Br)cc1/C=C1/SC(=O)N(CC(=O)Nc2c(C)cccc2C)C1=O. The van der Waals surface area contributed by atoms with Crippen LogP contribution in [0, 0.1) is 13.8 Å². The van der Waals surface area contributed by atoms with Gasteiger partial charge >= 0.3 is 5.97 Å². The highest BCUT2D eigenvalue weighted by Gasteiger charge is 2.36. The lowest BCUT2D eigenvalue weighted by Crippen LogP contribution is -2.36. The third-order valence-corrected chi connectivity index (χ3v) is 6.15. The fourth-order valence-electron chi connectivity index (χ4n) is 3.07. The zero-order chi connectivity index (χ0) is 24.1.